The van der Waals surface area contributed by atoms with Gasteiger partial charge in [0.05, 0.1) is 16.6 Å². The highest BCUT2D eigenvalue weighted by atomic mass is 35.5. The SMILES string of the molecule is CC(NC(=O)c1cc(S)ccc1Cl)c1ccsc1. The van der Waals surface area contributed by atoms with Crippen molar-refractivity contribution in [2.45, 2.75) is 17.9 Å². The number of hydrogen-bond acceptors (Lipinski definition) is 3. The Morgan fingerprint density at radius 3 is 2.89 bits per heavy atom. The Kier molecular flexibility index (Phi) is 4.32. The molecule has 1 amide bonds. The van der Waals surface area contributed by atoms with E-state index in [4.69, 9.17) is 11.6 Å². The molecule has 0 saturated heterocycles. The summed E-state index contributed by atoms with van der Waals surface area (Å²) in [5.41, 5.74) is 1.54. The minimum absolute atomic E-state index is 0.0385. The molecular weight excluding hydrogens is 286 g/mol. The van der Waals surface area contributed by atoms with Crippen LogP contribution < -0.4 is 5.32 Å². The van der Waals surface area contributed by atoms with E-state index in [-0.39, 0.29) is 11.9 Å². The lowest BCUT2D eigenvalue weighted by molar-refractivity contribution is 0.0940. The predicted octanol–water partition coefficient (Wildman–Crippen LogP) is 4.18. The second-order valence-corrected chi connectivity index (χ2v) is 5.62. The average Bonchev–Trinajstić information content (AvgIpc) is 2.85. The molecule has 0 bridgehead atoms. The van der Waals surface area contributed by atoms with Gasteiger partial charge in [-0.15, -0.1) is 12.6 Å². The van der Waals surface area contributed by atoms with Gasteiger partial charge in [0.1, 0.15) is 0 Å². The fourth-order valence-corrected chi connectivity index (χ4v) is 2.73. The highest BCUT2D eigenvalue weighted by molar-refractivity contribution is 7.80. The molecule has 0 aliphatic rings. The number of rotatable bonds is 3. The van der Waals surface area contributed by atoms with Gasteiger partial charge in [0.15, 0.2) is 0 Å². The summed E-state index contributed by atoms with van der Waals surface area (Å²) in [5.74, 6) is -0.186. The number of thiol groups is 1. The summed E-state index contributed by atoms with van der Waals surface area (Å²) in [5, 5.41) is 7.35. The maximum atomic E-state index is 12.1. The van der Waals surface area contributed by atoms with E-state index in [1.54, 1.807) is 29.5 Å². The average molecular weight is 298 g/mol. The first kappa shape index (κ1) is 13.5. The van der Waals surface area contributed by atoms with Crippen LogP contribution in [0.15, 0.2) is 39.9 Å². The van der Waals surface area contributed by atoms with Gasteiger partial charge in [-0.25, -0.2) is 0 Å². The lowest BCUT2D eigenvalue weighted by Crippen LogP contribution is -2.26. The van der Waals surface area contributed by atoms with Crippen molar-refractivity contribution in [3.8, 4) is 0 Å². The van der Waals surface area contributed by atoms with Crippen LogP contribution in [0.4, 0.5) is 0 Å². The van der Waals surface area contributed by atoms with Crippen LogP contribution in [-0.4, -0.2) is 5.91 Å². The second-order valence-electron chi connectivity index (χ2n) is 3.92. The van der Waals surface area contributed by atoms with Crippen LogP contribution in [0.2, 0.25) is 5.02 Å². The van der Waals surface area contributed by atoms with Crippen molar-refractivity contribution in [1.82, 2.24) is 5.32 Å². The maximum absolute atomic E-state index is 12.1. The number of benzene rings is 1. The van der Waals surface area contributed by atoms with E-state index in [1.165, 1.54) is 0 Å². The number of halogens is 1. The molecule has 94 valence electrons. The molecule has 0 radical (unpaired) electrons. The third-order valence-corrected chi connectivity index (χ3v) is 3.89. The largest absolute Gasteiger partial charge is 0.345 e. The molecule has 18 heavy (non-hydrogen) atoms. The molecule has 1 atom stereocenters. The molecule has 0 spiro atoms. The summed E-state index contributed by atoms with van der Waals surface area (Å²) in [6, 6.07) is 7.05. The molecule has 1 aromatic heterocycles. The topological polar surface area (TPSA) is 29.1 Å². The zero-order chi connectivity index (χ0) is 13.1. The van der Waals surface area contributed by atoms with Crippen molar-refractivity contribution >= 4 is 41.5 Å². The van der Waals surface area contributed by atoms with Crippen LogP contribution in [0, 0.1) is 0 Å². The summed E-state index contributed by atoms with van der Waals surface area (Å²) < 4.78 is 0. The molecular formula is C13H12ClNOS2. The van der Waals surface area contributed by atoms with Crippen molar-refractivity contribution in [2.75, 3.05) is 0 Å². The summed E-state index contributed by atoms with van der Waals surface area (Å²) in [6.45, 7) is 1.94. The summed E-state index contributed by atoms with van der Waals surface area (Å²) in [7, 11) is 0. The number of hydrogen-bond donors (Lipinski definition) is 2. The molecule has 5 heteroatoms. The van der Waals surface area contributed by atoms with Gasteiger partial charge in [-0.2, -0.15) is 11.3 Å². The van der Waals surface area contributed by atoms with Crippen LogP contribution in [0.25, 0.3) is 0 Å². The second kappa shape index (κ2) is 5.78. The van der Waals surface area contributed by atoms with E-state index in [0.717, 1.165) is 5.56 Å². The predicted molar refractivity (Wildman–Crippen MR) is 78.9 cm³/mol. The van der Waals surface area contributed by atoms with E-state index in [1.807, 2.05) is 23.8 Å². The minimum Gasteiger partial charge on any atom is -0.345 e. The first-order valence-electron chi connectivity index (χ1n) is 5.39. The molecule has 1 heterocycles. The van der Waals surface area contributed by atoms with Crippen molar-refractivity contribution in [3.63, 3.8) is 0 Å². The van der Waals surface area contributed by atoms with Crippen LogP contribution in [-0.2, 0) is 0 Å². The summed E-state index contributed by atoms with van der Waals surface area (Å²) in [6.07, 6.45) is 0. The van der Waals surface area contributed by atoms with E-state index < -0.39 is 0 Å². The Bertz CT molecular complexity index is 554. The van der Waals surface area contributed by atoms with E-state index in [0.29, 0.717) is 15.5 Å². The van der Waals surface area contributed by atoms with Crippen molar-refractivity contribution < 1.29 is 4.79 Å². The molecule has 2 nitrogen and oxygen atoms in total. The van der Waals surface area contributed by atoms with E-state index in [9.17, 15) is 4.79 Å². The van der Waals surface area contributed by atoms with Crippen LogP contribution >= 0.6 is 35.6 Å². The van der Waals surface area contributed by atoms with Crippen LogP contribution in [0.1, 0.15) is 28.9 Å². The maximum Gasteiger partial charge on any atom is 0.253 e. The molecule has 1 unspecified atom stereocenters. The molecule has 1 aromatic carbocycles. The van der Waals surface area contributed by atoms with Crippen LogP contribution in [0.3, 0.4) is 0 Å². The zero-order valence-electron chi connectivity index (χ0n) is 9.68. The first-order chi connectivity index (χ1) is 8.58. The Morgan fingerprint density at radius 2 is 2.22 bits per heavy atom. The number of carbonyl (C=O) groups excluding carboxylic acids is 1. The lowest BCUT2D eigenvalue weighted by Gasteiger charge is -2.13. The van der Waals surface area contributed by atoms with Crippen molar-refractivity contribution in [1.29, 1.82) is 0 Å². The summed E-state index contributed by atoms with van der Waals surface area (Å²) >= 11 is 11.8. The highest BCUT2D eigenvalue weighted by Gasteiger charge is 2.14. The first-order valence-corrected chi connectivity index (χ1v) is 7.16. The standard InChI is InChI=1S/C13H12ClNOS2/c1-8(9-4-5-18-7-9)15-13(16)11-6-10(17)2-3-12(11)14/h2-8,17H,1H3,(H,15,16). The Hall–Kier alpha value is -0.970. The van der Waals surface area contributed by atoms with Gasteiger partial charge in [0.25, 0.3) is 5.91 Å². The quantitative estimate of drug-likeness (QED) is 0.818. The lowest BCUT2D eigenvalue weighted by atomic mass is 10.1. The van der Waals surface area contributed by atoms with E-state index in [2.05, 4.69) is 17.9 Å². The molecule has 2 aromatic rings. The molecule has 2 rings (SSSR count). The Labute approximate surface area is 120 Å². The van der Waals surface area contributed by atoms with E-state index >= 15 is 0 Å². The highest BCUT2D eigenvalue weighted by Crippen LogP contribution is 2.21. The van der Waals surface area contributed by atoms with Crippen molar-refractivity contribution in [2.24, 2.45) is 0 Å². The van der Waals surface area contributed by atoms with Gasteiger partial charge < -0.3 is 5.32 Å². The molecule has 0 saturated carbocycles. The minimum atomic E-state index is -0.186. The summed E-state index contributed by atoms with van der Waals surface area (Å²) in [4.78, 5) is 12.8. The van der Waals surface area contributed by atoms with Gasteiger partial charge in [0.2, 0.25) is 0 Å². The zero-order valence-corrected chi connectivity index (χ0v) is 12.1. The van der Waals surface area contributed by atoms with Crippen LogP contribution in [0.5, 0.6) is 0 Å². The number of nitrogens with one attached hydrogen (secondary N) is 1. The van der Waals surface area contributed by atoms with Gasteiger partial charge >= 0.3 is 0 Å². The van der Waals surface area contributed by atoms with Gasteiger partial charge in [0, 0.05) is 4.90 Å². The smallest absolute Gasteiger partial charge is 0.253 e. The normalized spacial score (nSPS) is 12.2. The molecule has 0 aliphatic heterocycles. The number of thiophene rings is 1. The molecule has 1 N–H and O–H groups in total. The molecule has 0 aliphatic carbocycles. The third-order valence-electron chi connectivity index (χ3n) is 2.59. The Morgan fingerprint density at radius 1 is 1.44 bits per heavy atom. The Balaban J connectivity index is 2.15. The van der Waals surface area contributed by atoms with Crippen molar-refractivity contribution in [3.05, 3.63) is 51.2 Å². The fourth-order valence-electron chi connectivity index (χ4n) is 1.57. The number of carbonyl (C=O) groups is 1. The van der Waals surface area contributed by atoms with Gasteiger partial charge in [-0.05, 0) is 47.5 Å². The fraction of sp³-hybridized carbons (Fsp3) is 0.154. The monoisotopic (exact) mass is 297 g/mol. The molecule has 0 fully saturated rings. The third kappa shape index (κ3) is 3.07. The van der Waals surface area contributed by atoms with Gasteiger partial charge in [-0.1, -0.05) is 11.6 Å². The number of amides is 1. The van der Waals surface area contributed by atoms with Gasteiger partial charge in [-0.3, -0.25) is 4.79 Å².